The Morgan fingerprint density at radius 2 is 2.18 bits per heavy atom. The lowest BCUT2D eigenvalue weighted by Crippen LogP contribution is -2.14. The largest absolute Gasteiger partial charge is 0.416 e. The zero-order valence-electron chi connectivity index (χ0n) is 9.47. The van der Waals surface area contributed by atoms with Gasteiger partial charge in [-0.15, -0.1) is 11.8 Å². The van der Waals surface area contributed by atoms with Crippen molar-refractivity contribution in [2.24, 2.45) is 0 Å². The van der Waals surface area contributed by atoms with E-state index < -0.39 is 11.7 Å². The summed E-state index contributed by atoms with van der Waals surface area (Å²) in [7, 11) is 1.88. The second kappa shape index (κ2) is 4.90. The Morgan fingerprint density at radius 1 is 1.41 bits per heavy atom. The van der Waals surface area contributed by atoms with Crippen LogP contribution in [0.1, 0.15) is 17.5 Å². The van der Waals surface area contributed by atoms with Gasteiger partial charge in [0.05, 0.1) is 5.56 Å². The quantitative estimate of drug-likeness (QED) is 0.895. The molecule has 2 rings (SSSR count). The molecular weight excluding hydrogens is 247 g/mol. The lowest BCUT2D eigenvalue weighted by Gasteiger charge is -2.07. The van der Waals surface area contributed by atoms with Crippen LogP contribution in [0, 0.1) is 0 Å². The SMILES string of the molecule is CNCCC1Cc2cc(C(F)(F)F)ccc2S1. The van der Waals surface area contributed by atoms with Crippen LogP contribution < -0.4 is 5.32 Å². The van der Waals surface area contributed by atoms with Crippen LogP contribution in [0.25, 0.3) is 0 Å². The molecule has 1 unspecified atom stereocenters. The standard InChI is InChI=1S/C12H14F3NS/c1-16-5-4-10-7-8-6-9(12(13,14)15)2-3-11(8)17-10/h2-3,6,10,16H,4-5,7H2,1H3. The molecule has 0 bridgehead atoms. The minimum atomic E-state index is -4.23. The lowest BCUT2D eigenvalue weighted by atomic mass is 10.1. The number of fused-ring (bicyclic) bond motifs is 1. The van der Waals surface area contributed by atoms with Gasteiger partial charge in [-0.3, -0.25) is 0 Å². The first-order valence-electron chi connectivity index (χ1n) is 5.52. The summed E-state index contributed by atoms with van der Waals surface area (Å²) >= 11 is 1.69. The second-order valence-corrected chi connectivity index (χ2v) is 5.50. The molecule has 94 valence electrons. The van der Waals surface area contributed by atoms with Crippen LogP contribution in [0.4, 0.5) is 13.2 Å². The van der Waals surface area contributed by atoms with Gasteiger partial charge in [0.1, 0.15) is 0 Å². The van der Waals surface area contributed by atoms with E-state index in [0.717, 1.165) is 29.8 Å². The van der Waals surface area contributed by atoms with E-state index in [1.807, 2.05) is 7.05 Å². The third kappa shape index (κ3) is 2.96. The Bertz CT molecular complexity index is 403. The van der Waals surface area contributed by atoms with Crippen molar-refractivity contribution in [3.63, 3.8) is 0 Å². The summed E-state index contributed by atoms with van der Waals surface area (Å²) < 4.78 is 37.6. The van der Waals surface area contributed by atoms with Gasteiger partial charge >= 0.3 is 6.18 Å². The van der Waals surface area contributed by atoms with Gasteiger partial charge in [0, 0.05) is 10.1 Å². The number of benzene rings is 1. The molecule has 0 saturated heterocycles. The van der Waals surface area contributed by atoms with Crippen LogP contribution in [0.15, 0.2) is 23.1 Å². The van der Waals surface area contributed by atoms with Crippen LogP contribution in [-0.4, -0.2) is 18.8 Å². The number of hydrogen-bond donors (Lipinski definition) is 1. The van der Waals surface area contributed by atoms with E-state index in [2.05, 4.69) is 5.32 Å². The Labute approximate surface area is 103 Å². The number of thioether (sulfide) groups is 1. The van der Waals surface area contributed by atoms with Crippen molar-refractivity contribution >= 4 is 11.8 Å². The number of alkyl halides is 3. The van der Waals surface area contributed by atoms with E-state index in [-0.39, 0.29) is 0 Å². The highest BCUT2D eigenvalue weighted by Gasteiger charge is 2.32. The van der Waals surface area contributed by atoms with E-state index in [1.54, 1.807) is 17.8 Å². The molecule has 0 fully saturated rings. The Hall–Kier alpha value is -0.680. The van der Waals surface area contributed by atoms with Gasteiger partial charge < -0.3 is 5.32 Å². The van der Waals surface area contributed by atoms with Gasteiger partial charge in [-0.1, -0.05) is 0 Å². The predicted octanol–water partition coefficient (Wildman–Crippen LogP) is 3.33. The third-order valence-electron chi connectivity index (χ3n) is 2.85. The van der Waals surface area contributed by atoms with Crippen molar-refractivity contribution < 1.29 is 13.2 Å². The number of rotatable bonds is 3. The molecule has 0 aliphatic carbocycles. The van der Waals surface area contributed by atoms with E-state index >= 15 is 0 Å². The molecule has 0 aromatic heterocycles. The number of halogens is 3. The third-order valence-corrected chi connectivity index (χ3v) is 4.23. The highest BCUT2D eigenvalue weighted by atomic mass is 32.2. The summed E-state index contributed by atoms with van der Waals surface area (Å²) in [5.41, 5.74) is 0.303. The average molecular weight is 261 g/mol. The van der Waals surface area contributed by atoms with Gasteiger partial charge in [0.25, 0.3) is 0 Å². The second-order valence-electron chi connectivity index (χ2n) is 4.16. The first-order valence-corrected chi connectivity index (χ1v) is 6.40. The lowest BCUT2D eigenvalue weighted by molar-refractivity contribution is -0.137. The molecule has 0 saturated carbocycles. The molecular formula is C12H14F3NS. The Balaban J connectivity index is 2.11. The Kier molecular flexibility index (Phi) is 3.68. The molecule has 5 heteroatoms. The predicted molar refractivity (Wildman–Crippen MR) is 63.3 cm³/mol. The fraction of sp³-hybridized carbons (Fsp3) is 0.500. The van der Waals surface area contributed by atoms with Crippen molar-refractivity contribution in [3.05, 3.63) is 29.3 Å². The average Bonchev–Trinajstić information content (AvgIpc) is 2.66. The molecule has 1 atom stereocenters. The summed E-state index contributed by atoms with van der Waals surface area (Å²) in [6.45, 7) is 0.901. The van der Waals surface area contributed by atoms with E-state index in [4.69, 9.17) is 0 Å². The van der Waals surface area contributed by atoms with Gasteiger partial charge in [-0.05, 0) is 50.2 Å². The molecule has 0 radical (unpaired) electrons. The van der Waals surface area contributed by atoms with Crippen LogP contribution in [-0.2, 0) is 12.6 Å². The van der Waals surface area contributed by atoms with Crippen LogP contribution in [0.5, 0.6) is 0 Å². The topological polar surface area (TPSA) is 12.0 Å². The van der Waals surface area contributed by atoms with Gasteiger partial charge in [-0.25, -0.2) is 0 Å². The van der Waals surface area contributed by atoms with Crippen molar-refractivity contribution in [3.8, 4) is 0 Å². The molecule has 17 heavy (non-hydrogen) atoms. The van der Waals surface area contributed by atoms with E-state index in [9.17, 15) is 13.2 Å². The minimum absolute atomic E-state index is 0.404. The molecule has 1 nitrogen and oxygen atoms in total. The van der Waals surface area contributed by atoms with Gasteiger partial charge in [0.2, 0.25) is 0 Å². The first-order chi connectivity index (χ1) is 8.00. The molecule has 1 aromatic rings. The summed E-state index contributed by atoms with van der Waals surface area (Å²) in [6, 6.07) is 4.07. The van der Waals surface area contributed by atoms with Crippen LogP contribution in [0.3, 0.4) is 0 Å². The van der Waals surface area contributed by atoms with Crippen molar-refractivity contribution in [2.75, 3.05) is 13.6 Å². The summed E-state index contributed by atoms with van der Waals surface area (Å²) in [4.78, 5) is 0.999. The number of hydrogen-bond acceptors (Lipinski definition) is 2. The molecule has 1 heterocycles. The summed E-state index contributed by atoms with van der Waals surface area (Å²) in [5.74, 6) is 0. The maximum Gasteiger partial charge on any atom is 0.416 e. The smallest absolute Gasteiger partial charge is 0.320 e. The zero-order valence-corrected chi connectivity index (χ0v) is 10.3. The number of nitrogens with one attached hydrogen (secondary N) is 1. The van der Waals surface area contributed by atoms with Crippen molar-refractivity contribution in [1.29, 1.82) is 0 Å². The molecule has 1 aliphatic heterocycles. The van der Waals surface area contributed by atoms with E-state index in [1.165, 1.54) is 12.1 Å². The van der Waals surface area contributed by atoms with Crippen LogP contribution >= 0.6 is 11.8 Å². The highest BCUT2D eigenvalue weighted by Crippen LogP contribution is 2.41. The van der Waals surface area contributed by atoms with Gasteiger partial charge in [-0.2, -0.15) is 13.2 Å². The van der Waals surface area contributed by atoms with Crippen molar-refractivity contribution in [2.45, 2.75) is 29.2 Å². The minimum Gasteiger partial charge on any atom is -0.320 e. The monoisotopic (exact) mass is 261 g/mol. The molecule has 1 aromatic carbocycles. The van der Waals surface area contributed by atoms with Crippen LogP contribution in [0.2, 0.25) is 0 Å². The zero-order chi connectivity index (χ0) is 12.5. The summed E-state index contributed by atoms with van der Waals surface area (Å²) in [6.07, 6.45) is -2.51. The highest BCUT2D eigenvalue weighted by molar-refractivity contribution is 8.00. The molecule has 0 spiro atoms. The van der Waals surface area contributed by atoms with Gasteiger partial charge in [0.15, 0.2) is 0 Å². The molecule has 1 aliphatic rings. The summed E-state index contributed by atoms with van der Waals surface area (Å²) in [5, 5.41) is 3.47. The Morgan fingerprint density at radius 3 is 2.82 bits per heavy atom. The molecule has 0 amide bonds. The molecule has 1 N–H and O–H groups in total. The normalized spacial score (nSPS) is 19.4. The van der Waals surface area contributed by atoms with Crippen molar-refractivity contribution in [1.82, 2.24) is 5.32 Å². The maximum absolute atomic E-state index is 12.5. The first kappa shape index (κ1) is 12.8. The maximum atomic E-state index is 12.5. The van der Waals surface area contributed by atoms with E-state index in [0.29, 0.717) is 5.25 Å². The fourth-order valence-corrected chi connectivity index (χ4v) is 3.26. The fourth-order valence-electron chi connectivity index (χ4n) is 1.96.